The Balaban J connectivity index is 1.53. The summed E-state index contributed by atoms with van der Waals surface area (Å²) < 4.78 is 5.18. The first-order valence-corrected chi connectivity index (χ1v) is 8.10. The van der Waals surface area contributed by atoms with Crippen LogP contribution in [0.15, 0.2) is 48.5 Å². The highest BCUT2D eigenvalue weighted by Crippen LogP contribution is 2.30. The number of benzene rings is 2. The van der Waals surface area contributed by atoms with Crippen LogP contribution in [0, 0.1) is 0 Å². The summed E-state index contributed by atoms with van der Waals surface area (Å²) in [7, 11) is 1.58. The van der Waals surface area contributed by atoms with Gasteiger partial charge in [-0.15, -0.1) is 0 Å². The second-order valence-corrected chi connectivity index (χ2v) is 6.01. The molecule has 1 N–H and O–H groups in total. The molecular weight excluding hydrogens is 288 g/mol. The zero-order valence-corrected chi connectivity index (χ0v) is 13.6. The van der Waals surface area contributed by atoms with Gasteiger partial charge in [0.15, 0.2) is 11.5 Å². The first-order valence-electron chi connectivity index (χ1n) is 8.10. The van der Waals surface area contributed by atoms with Crippen molar-refractivity contribution in [3.05, 3.63) is 59.7 Å². The molecule has 1 heterocycles. The third-order valence-corrected chi connectivity index (χ3v) is 4.41. The third kappa shape index (κ3) is 4.03. The SMILES string of the molecule is COc1cccc(CN2CCN(Cc3ccccc3)CC2)c1O. The van der Waals surface area contributed by atoms with Gasteiger partial charge in [0.25, 0.3) is 0 Å². The van der Waals surface area contributed by atoms with Gasteiger partial charge in [0.05, 0.1) is 7.11 Å². The van der Waals surface area contributed by atoms with Crippen molar-refractivity contribution in [3.63, 3.8) is 0 Å². The average Bonchev–Trinajstić information content (AvgIpc) is 2.59. The molecule has 3 rings (SSSR count). The zero-order chi connectivity index (χ0) is 16.1. The van der Waals surface area contributed by atoms with Gasteiger partial charge < -0.3 is 9.84 Å². The normalized spacial score (nSPS) is 16.4. The van der Waals surface area contributed by atoms with Crippen molar-refractivity contribution in [2.24, 2.45) is 0 Å². The van der Waals surface area contributed by atoms with Crippen molar-refractivity contribution < 1.29 is 9.84 Å². The molecule has 0 atom stereocenters. The number of hydrogen-bond acceptors (Lipinski definition) is 4. The van der Waals surface area contributed by atoms with Gasteiger partial charge in [-0.2, -0.15) is 0 Å². The molecule has 0 aliphatic carbocycles. The van der Waals surface area contributed by atoms with E-state index in [9.17, 15) is 5.11 Å². The highest BCUT2D eigenvalue weighted by molar-refractivity contribution is 5.45. The van der Waals surface area contributed by atoms with Crippen LogP contribution in [0.4, 0.5) is 0 Å². The molecule has 122 valence electrons. The number of para-hydroxylation sites is 1. The van der Waals surface area contributed by atoms with Crippen LogP contribution in [0.3, 0.4) is 0 Å². The quantitative estimate of drug-likeness (QED) is 0.921. The van der Waals surface area contributed by atoms with Crippen LogP contribution in [-0.2, 0) is 13.1 Å². The molecule has 2 aromatic carbocycles. The number of methoxy groups -OCH3 is 1. The lowest BCUT2D eigenvalue weighted by Gasteiger charge is -2.34. The fraction of sp³-hybridized carbons (Fsp3) is 0.368. The van der Waals surface area contributed by atoms with Gasteiger partial charge in [-0.05, 0) is 11.6 Å². The highest BCUT2D eigenvalue weighted by atomic mass is 16.5. The number of piperazine rings is 1. The molecule has 23 heavy (non-hydrogen) atoms. The largest absolute Gasteiger partial charge is 0.504 e. The highest BCUT2D eigenvalue weighted by Gasteiger charge is 2.18. The molecule has 1 saturated heterocycles. The van der Waals surface area contributed by atoms with Gasteiger partial charge in [0.1, 0.15) is 0 Å². The maximum Gasteiger partial charge on any atom is 0.162 e. The number of nitrogens with zero attached hydrogens (tertiary/aromatic N) is 2. The number of phenolic OH excluding ortho intramolecular Hbond substituents is 1. The Labute approximate surface area is 137 Å². The third-order valence-electron chi connectivity index (χ3n) is 4.41. The Morgan fingerprint density at radius 2 is 1.52 bits per heavy atom. The van der Waals surface area contributed by atoms with E-state index in [1.165, 1.54) is 5.56 Å². The van der Waals surface area contributed by atoms with Gasteiger partial charge in [-0.1, -0.05) is 42.5 Å². The van der Waals surface area contributed by atoms with E-state index in [1.807, 2.05) is 12.1 Å². The molecule has 0 aromatic heterocycles. The Kier molecular flexibility index (Phi) is 5.16. The molecule has 1 aliphatic heterocycles. The van der Waals surface area contributed by atoms with Crippen molar-refractivity contribution in [3.8, 4) is 11.5 Å². The smallest absolute Gasteiger partial charge is 0.162 e. The zero-order valence-electron chi connectivity index (χ0n) is 13.6. The lowest BCUT2D eigenvalue weighted by molar-refractivity contribution is 0.121. The van der Waals surface area contributed by atoms with Crippen LogP contribution in [0.1, 0.15) is 11.1 Å². The minimum atomic E-state index is 0.265. The van der Waals surface area contributed by atoms with E-state index >= 15 is 0 Å². The summed E-state index contributed by atoms with van der Waals surface area (Å²) in [5.41, 5.74) is 2.30. The van der Waals surface area contributed by atoms with Crippen molar-refractivity contribution in [2.75, 3.05) is 33.3 Å². The van der Waals surface area contributed by atoms with Crippen LogP contribution in [-0.4, -0.2) is 48.2 Å². The fourth-order valence-electron chi connectivity index (χ4n) is 3.05. The van der Waals surface area contributed by atoms with E-state index in [2.05, 4.69) is 40.1 Å². The molecule has 0 saturated carbocycles. The number of hydrogen-bond donors (Lipinski definition) is 1. The summed E-state index contributed by atoms with van der Waals surface area (Å²) in [5.74, 6) is 0.812. The maximum absolute atomic E-state index is 10.2. The summed E-state index contributed by atoms with van der Waals surface area (Å²) in [6.07, 6.45) is 0. The van der Waals surface area contributed by atoms with Crippen LogP contribution < -0.4 is 4.74 Å². The lowest BCUT2D eigenvalue weighted by atomic mass is 10.1. The molecule has 1 aliphatic rings. The Morgan fingerprint density at radius 1 is 0.870 bits per heavy atom. The van der Waals surface area contributed by atoms with Gasteiger partial charge >= 0.3 is 0 Å². The number of ether oxygens (including phenoxy) is 1. The van der Waals surface area contributed by atoms with E-state index < -0.39 is 0 Å². The van der Waals surface area contributed by atoms with Crippen molar-refractivity contribution in [1.29, 1.82) is 0 Å². The predicted octanol–water partition coefficient (Wildman–Crippen LogP) is 2.72. The molecular formula is C19H24N2O2. The summed E-state index contributed by atoms with van der Waals surface area (Å²) in [4.78, 5) is 4.87. The maximum atomic E-state index is 10.2. The molecule has 4 nitrogen and oxygen atoms in total. The van der Waals surface area contributed by atoms with Crippen LogP contribution in [0.2, 0.25) is 0 Å². The summed E-state index contributed by atoms with van der Waals surface area (Å²) >= 11 is 0. The Hall–Kier alpha value is -2.04. The fourth-order valence-corrected chi connectivity index (χ4v) is 3.05. The van der Waals surface area contributed by atoms with Gasteiger partial charge in [-0.3, -0.25) is 9.80 Å². The minimum absolute atomic E-state index is 0.265. The number of phenols is 1. The van der Waals surface area contributed by atoms with E-state index in [4.69, 9.17) is 4.74 Å². The lowest BCUT2D eigenvalue weighted by Crippen LogP contribution is -2.45. The Bertz CT molecular complexity index is 623. The first kappa shape index (κ1) is 15.8. The predicted molar refractivity (Wildman–Crippen MR) is 91.7 cm³/mol. The Morgan fingerprint density at radius 3 is 2.17 bits per heavy atom. The molecule has 4 heteroatoms. The van der Waals surface area contributed by atoms with Crippen molar-refractivity contribution >= 4 is 0 Å². The van der Waals surface area contributed by atoms with Crippen LogP contribution in [0.5, 0.6) is 11.5 Å². The van der Waals surface area contributed by atoms with E-state index in [0.717, 1.165) is 44.8 Å². The topological polar surface area (TPSA) is 35.9 Å². The van der Waals surface area contributed by atoms with Gasteiger partial charge in [0, 0.05) is 44.8 Å². The van der Waals surface area contributed by atoms with Crippen molar-refractivity contribution in [2.45, 2.75) is 13.1 Å². The molecule has 2 aromatic rings. The monoisotopic (exact) mass is 312 g/mol. The van der Waals surface area contributed by atoms with Crippen LogP contribution in [0.25, 0.3) is 0 Å². The second-order valence-electron chi connectivity index (χ2n) is 6.01. The van der Waals surface area contributed by atoms with Crippen molar-refractivity contribution in [1.82, 2.24) is 9.80 Å². The molecule has 0 unspecified atom stereocenters. The molecule has 0 spiro atoms. The van der Waals surface area contributed by atoms with Crippen LogP contribution >= 0.6 is 0 Å². The van der Waals surface area contributed by atoms with Gasteiger partial charge in [0.2, 0.25) is 0 Å². The molecule has 0 bridgehead atoms. The average molecular weight is 312 g/mol. The standard InChI is InChI=1S/C19H24N2O2/c1-23-18-9-5-8-17(19(18)22)15-21-12-10-20(11-13-21)14-16-6-3-2-4-7-16/h2-9,22H,10-15H2,1H3. The molecule has 0 amide bonds. The van der Waals surface area contributed by atoms with E-state index in [-0.39, 0.29) is 5.75 Å². The molecule has 1 fully saturated rings. The number of rotatable bonds is 5. The molecule has 0 radical (unpaired) electrons. The second kappa shape index (κ2) is 7.49. The summed E-state index contributed by atoms with van der Waals surface area (Å²) in [5, 5.41) is 10.2. The van der Waals surface area contributed by atoms with E-state index in [0.29, 0.717) is 5.75 Å². The summed E-state index contributed by atoms with van der Waals surface area (Å²) in [6, 6.07) is 16.3. The van der Waals surface area contributed by atoms with E-state index in [1.54, 1.807) is 13.2 Å². The minimum Gasteiger partial charge on any atom is -0.504 e. The first-order chi connectivity index (χ1) is 11.3. The van der Waals surface area contributed by atoms with Gasteiger partial charge in [-0.25, -0.2) is 0 Å². The summed E-state index contributed by atoms with van der Waals surface area (Å²) in [6.45, 7) is 5.92. The number of aromatic hydroxyl groups is 1.